The highest BCUT2D eigenvalue weighted by Crippen LogP contribution is 2.25. The molecule has 0 aliphatic carbocycles. The van der Waals surface area contributed by atoms with Gasteiger partial charge >= 0.3 is 0 Å². The predicted octanol–water partition coefficient (Wildman–Crippen LogP) is 1.37. The average Bonchev–Trinajstić information content (AvgIpc) is 2.55. The molecule has 0 aromatic heterocycles. The van der Waals surface area contributed by atoms with Gasteiger partial charge < -0.3 is 11.1 Å². The number of hydrogen-bond donors (Lipinski definition) is 3. The molecule has 0 aliphatic heterocycles. The second kappa shape index (κ2) is 8.42. The third-order valence-electron chi connectivity index (χ3n) is 4.25. The summed E-state index contributed by atoms with van der Waals surface area (Å²) < 4.78 is 26.2. The highest BCUT2D eigenvalue weighted by molar-refractivity contribution is 7.89. The Morgan fingerprint density at radius 1 is 1.13 bits per heavy atom. The van der Waals surface area contributed by atoms with E-state index in [0.717, 1.165) is 5.56 Å². The monoisotopic (exact) mass is 341 g/mol. The maximum Gasteiger partial charge on any atom is 0.240 e. The lowest BCUT2D eigenvalue weighted by atomic mass is 9.81. The number of carbonyl (C=O) groups is 1. The third-order valence-corrected chi connectivity index (χ3v) is 5.81. The molecular weight excluding hydrogens is 314 g/mol. The second-order valence-corrected chi connectivity index (χ2v) is 7.29. The molecule has 0 heterocycles. The first kappa shape index (κ1) is 19.6. The van der Waals surface area contributed by atoms with Crippen LogP contribution in [0.3, 0.4) is 0 Å². The summed E-state index contributed by atoms with van der Waals surface area (Å²) in [6.45, 7) is 6.64. The van der Waals surface area contributed by atoms with E-state index in [2.05, 4.69) is 10.0 Å². The quantitative estimate of drug-likeness (QED) is 0.631. The van der Waals surface area contributed by atoms with Gasteiger partial charge in [-0.1, -0.05) is 32.9 Å². The molecule has 0 unspecified atom stereocenters. The van der Waals surface area contributed by atoms with Crippen molar-refractivity contribution in [1.29, 1.82) is 0 Å². The summed E-state index contributed by atoms with van der Waals surface area (Å²) in [5, 5.41) is 2.89. The van der Waals surface area contributed by atoms with Crippen LogP contribution in [0.4, 0.5) is 0 Å². The molecule has 6 nitrogen and oxygen atoms in total. The Labute approximate surface area is 138 Å². The van der Waals surface area contributed by atoms with Crippen molar-refractivity contribution in [3.8, 4) is 0 Å². The Bertz CT molecular complexity index is 600. The van der Waals surface area contributed by atoms with Gasteiger partial charge in [0, 0.05) is 19.6 Å². The number of hydrogen-bond acceptors (Lipinski definition) is 4. The van der Waals surface area contributed by atoms with E-state index >= 15 is 0 Å². The minimum absolute atomic E-state index is 0.0608. The Kier molecular flexibility index (Phi) is 7.18. The zero-order chi connectivity index (χ0) is 17.5. The van der Waals surface area contributed by atoms with Crippen molar-refractivity contribution < 1.29 is 13.2 Å². The lowest BCUT2D eigenvalue weighted by molar-refractivity contribution is -0.131. The molecule has 1 aromatic carbocycles. The number of carbonyl (C=O) groups excluding carboxylic acids is 1. The van der Waals surface area contributed by atoms with E-state index in [-0.39, 0.29) is 10.8 Å². The summed E-state index contributed by atoms with van der Waals surface area (Å²) in [5.74, 6) is -0.0608. The maximum atomic E-state index is 12.3. The molecular formula is C16H27N3O3S. The highest BCUT2D eigenvalue weighted by Gasteiger charge is 2.32. The zero-order valence-electron chi connectivity index (χ0n) is 14.1. The van der Waals surface area contributed by atoms with Crippen molar-refractivity contribution in [2.75, 3.05) is 13.1 Å². The van der Waals surface area contributed by atoms with Gasteiger partial charge in [0.05, 0.1) is 10.3 Å². The largest absolute Gasteiger partial charge is 0.352 e. The van der Waals surface area contributed by atoms with E-state index < -0.39 is 15.4 Å². The van der Waals surface area contributed by atoms with Gasteiger partial charge in [-0.15, -0.1) is 0 Å². The second-order valence-electron chi connectivity index (χ2n) is 5.52. The van der Waals surface area contributed by atoms with Crippen molar-refractivity contribution in [3.63, 3.8) is 0 Å². The van der Waals surface area contributed by atoms with Crippen molar-refractivity contribution in [3.05, 3.63) is 29.8 Å². The number of amides is 1. The fourth-order valence-corrected chi connectivity index (χ4v) is 3.42. The van der Waals surface area contributed by atoms with Crippen LogP contribution in [0.15, 0.2) is 29.2 Å². The zero-order valence-corrected chi connectivity index (χ0v) is 14.9. The summed E-state index contributed by atoms with van der Waals surface area (Å²) in [5.41, 5.74) is 6.07. The molecule has 7 heteroatoms. The number of nitrogens with one attached hydrogen (secondary N) is 2. The normalized spacial score (nSPS) is 12.2. The molecule has 0 fully saturated rings. The molecule has 0 saturated heterocycles. The van der Waals surface area contributed by atoms with Crippen LogP contribution in [-0.4, -0.2) is 27.4 Å². The number of nitrogens with two attached hydrogens (primary N) is 1. The van der Waals surface area contributed by atoms with E-state index in [1.54, 1.807) is 19.1 Å². The third kappa shape index (κ3) is 4.76. The number of rotatable bonds is 9. The van der Waals surface area contributed by atoms with Gasteiger partial charge in [-0.3, -0.25) is 4.79 Å². The van der Waals surface area contributed by atoms with Crippen LogP contribution in [0.2, 0.25) is 0 Å². The van der Waals surface area contributed by atoms with Gasteiger partial charge in [0.2, 0.25) is 15.9 Å². The molecule has 0 atom stereocenters. The SMILES string of the molecule is CCNS(=O)(=O)c1ccc(CNC(=O)C(CC)(CC)CN)cc1. The summed E-state index contributed by atoms with van der Waals surface area (Å²) in [6.07, 6.45) is 1.37. The first-order valence-corrected chi connectivity index (χ1v) is 9.40. The van der Waals surface area contributed by atoms with E-state index in [0.29, 0.717) is 32.5 Å². The molecule has 4 N–H and O–H groups in total. The van der Waals surface area contributed by atoms with E-state index in [9.17, 15) is 13.2 Å². The van der Waals surface area contributed by atoms with Gasteiger partial charge in [-0.05, 0) is 30.5 Å². The fraction of sp³-hybridized carbons (Fsp3) is 0.562. The summed E-state index contributed by atoms with van der Waals surface area (Å²) in [7, 11) is -3.45. The predicted molar refractivity (Wildman–Crippen MR) is 91.2 cm³/mol. The van der Waals surface area contributed by atoms with Gasteiger partial charge in [0.25, 0.3) is 0 Å². The topological polar surface area (TPSA) is 101 Å². The van der Waals surface area contributed by atoms with Crippen LogP contribution in [0, 0.1) is 5.41 Å². The molecule has 0 radical (unpaired) electrons. The first-order valence-electron chi connectivity index (χ1n) is 7.92. The standard InChI is InChI=1S/C16H27N3O3S/c1-4-16(5-2,12-17)15(20)18-11-13-7-9-14(10-8-13)23(21,22)19-6-3/h7-10,19H,4-6,11-12,17H2,1-3H3,(H,18,20). The molecule has 0 aliphatic rings. The van der Waals surface area contributed by atoms with E-state index in [4.69, 9.17) is 5.73 Å². The summed E-state index contributed by atoms with van der Waals surface area (Å²) in [6, 6.07) is 6.48. The van der Waals surface area contributed by atoms with Gasteiger partial charge in [0.1, 0.15) is 0 Å². The molecule has 1 rings (SSSR count). The van der Waals surface area contributed by atoms with Crippen molar-refractivity contribution in [1.82, 2.24) is 10.0 Å². The van der Waals surface area contributed by atoms with Gasteiger partial charge in [-0.25, -0.2) is 13.1 Å². The fourth-order valence-electron chi connectivity index (χ4n) is 2.38. The number of sulfonamides is 1. The van der Waals surface area contributed by atoms with Gasteiger partial charge in [0.15, 0.2) is 0 Å². The van der Waals surface area contributed by atoms with Gasteiger partial charge in [-0.2, -0.15) is 0 Å². The van der Waals surface area contributed by atoms with Crippen LogP contribution in [0.25, 0.3) is 0 Å². The van der Waals surface area contributed by atoms with Crippen molar-refractivity contribution in [2.24, 2.45) is 11.1 Å². The Hall–Kier alpha value is -1.44. The molecule has 130 valence electrons. The lowest BCUT2D eigenvalue weighted by Crippen LogP contribution is -2.45. The van der Waals surface area contributed by atoms with Crippen molar-refractivity contribution >= 4 is 15.9 Å². The van der Waals surface area contributed by atoms with Crippen molar-refractivity contribution in [2.45, 2.75) is 45.1 Å². The summed E-state index contributed by atoms with van der Waals surface area (Å²) in [4.78, 5) is 12.6. The summed E-state index contributed by atoms with van der Waals surface area (Å²) >= 11 is 0. The molecule has 1 aromatic rings. The molecule has 0 saturated carbocycles. The lowest BCUT2D eigenvalue weighted by Gasteiger charge is -2.28. The van der Waals surface area contributed by atoms with E-state index in [1.165, 1.54) is 12.1 Å². The number of benzene rings is 1. The van der Waals surface area contributed by atoms with E-state index in [1.807, 2.05) is 13.8 Å². The Morgan fingerprint density at radius 3 is 2.13 bits per heavy atom. The smallest absolute Gasteiger partial charge is 0.240 e. The maximum absolute atomic E-state index is 12.3. The van der Waals surface area contributed by atoms with Crippen LogP contribution < -0.4 is 15.8 Å². The van der Waals surface area contributed by atoms with Crippen LogP contribution in [0.5, 0.6) is 0 Å². The average molecular weight is 341 g/mol. The highest BCUT2D eigenvalue weighted by atomic mass is 32.2. The van der Waals surface area contributed by atoms with Crippen LogP contribution in [-0.2, 0) is 21.4 Å². The Morgan fingerprint density at radius 2 is 1.70 bits per heavy atom. The van der Waals surface area contributed by atoms with Crippen LogP contribution >= 0.6 is 0 Å². The molecule has 1 amide bonds. The first-order chi connectivity index (χ1) is 10.8. The Balaban J connectivity index is 2.75. The van der Waals surface area contributed by atoms with Crippen LogP contribution in [0.1, 0.15) is 39.2 Å². The molecule has 0 bridgehead atoms. The molecule has 0 spiro atoms. The minimum Gasteiger partial charge on any atom is -0.352 e. The minimum atomic E-state index is -3.45. The molecule has 23 heavy (non-hydrogen) atoms.